The maximum absolute atomic E-state index is 4.96. The number of methoxy groups -OCH3 is 1. The van der Waals surface area contributed by atoms with Crippen molar-refractivity contribution in [2.75, 3.05) is 26.8 Å². The van der Waals surface area contributed by atoms with E-state index >= 15 is 0 Å². The molecule has 94 valence electrons. The van der Waals surface area contributed by atoms with Gasteiger partial charge in [-0.2, -0.15) is 0 Å². The highest BCUT2D eigenvalue weighted by Gasteiger charge is 1.89. The van der Waals surface area contributed by atoms with Crippen LogP contribution in [0.2, 0.25) is 0 Å². The second-order valence-electron chi connectivity index (χ2n) is 3.83. The molecule has 0 bridgehead atoms. The van der Waals surface area contributed by atoms with Crippen LogP contribution in [0.5, 0.6) is 0 Å². The number of benzene rings is 1. The third kappa shape index (κ3) is 7.52. The molecule has 0 aliphatic heterocycles. The lowest BCUT2D eigenvalue weighted by Crippen LogP contribution is -2.19. The Bertz CT molecular complexity index is 321. The first-order valence-electron chi connectivity index (χ1n) is 5.92. The minimum Gasteiger partial charge on any atom is -0.383 e. The first-order chi connectivity index (χ1) is 8.33. The van der Waals surface area contributed by atoms with E-state index in [4.69, 9.17) is 4.74 Å². The smallest absolute Gasteiger partial charge is 0.0587 e. The monoisotopic (exact) mass is 345 g/mol. The van der Waals surface area contributed by atoms with Crippen LogP contribution >= 0.6 is 22.6 Å². The number of nitrogens with one attached hydrogen (secondary N) is 1. The number of hydrogen-bond donors (Lipinski definition) is 1. The van der Waals surface area contributed by atoms with Crippen LogP contribution < -0.4 is 5.32 Å². The Hall–Kier alpha value is -0.390. The molecule has 2 nitrogen and oxygen atoms in total. The minimum absolute atomic E-state index is 0.784. The quantitative estimate of drug-likeness (QED) is 0.444. The summed E-state index contributed by atoms with van der Waals surface area (Å²) in [4.78, 5) is 0. The number of ether oxygens (including phenoxy) is 1. The van der Waals surface area contributed by atoms with Gasteiger partial charge in [-0.25, -0.2) is 0 Å². The van der Waals surface area contributed by atoms with Gasteiger partial charge in [0.1, 0.15) is 0 Å². The first-order valence-corrected chi connectivity index (χ1v) is 7.00. The van der Waals surface area contributed by atoms with Crippen LogP contribution in [0.15, 0.2) is 36.4 Å². The molecule has 0 saturated carbocycles. The van der Waals surface area contributed by atoms with E-state index < -0.39 is 0 Å². The van der Waals surface area contributed by atoms with Crippen molar-refractivity contribution in [2.24, 2.45) is 0 Å². The second kappa shape index (κ2) is 9.62. The highest BCUT2D eigenvalue weighted by Crippen LogP contribution is 2.07. The predicted molar refractivity (Wildman–Crippen MR) is 81.4 cm³/mol. The highest BCUT2D eigenvalue weighted by molar-refractivity contribution is 14.1. The summed E-state index contributed by atoms with van der Waals surface area (Å²) in [6.45, 7) is 2.74. The molecule has 0 amide bonds. The van der Waals surface area contributed by atoms with Crippen molar-refractivity contribution in [2.45, 2.75) is 12.8 Å². The lowest BCUT2D eigenvalue weighted by atomic mass is 10.1. The normalized spacial score (nSPS) is 11.2. The first kappa shape index (κ1) is 14.7. The summed E-state index contributed by atoms with van der Waals surface area (Å²) in [5.41, 5.74) is 1.37. The molecule has 0 heterocycles. The van der Waals surface area contributed by atoms with E-state index in [1.807, 2.05) is 0 Å². The van der Waals surface area contributed by atoms with Gasteiger partial charge in [0.2, 0.25) is 0 Å². The number of allylic oxidation sites excluding steroid dienone is 1. The van der Waals surface area contributed by atoms with Crippen molar-refractivity contribution < 1.29 is 4.74 Å². The molecular formula is C14H20INO. The van der Waals surface area contributed by atoms with E-state index in [0.717, 1.165) is 32.5 Å². The summed E-state index contributed by atoms with van der Waals surface area (Å²) in [6.07, 6.45) is 6.57. The van der Waals surface area contributed by atoms with Crippen LogP contribution in [-0.4, -0.2) is 26.8 Å². The van der Waals surface area contributed by atoms with Gasteiger partial charge in [-0.15, -0.1) is 0 Å². The summed E-state index contributed by atoms with van der Waals surface area (Å²) in [6, 6.07) is 8.66. The summed E-state index contributed by atoms with van der Waals surface area (Å²) in [5, 5.41) is 3.32. The zero-order valence-corrected chi connectivity index (χ0v) is 12.4. The number of hydrogen-bond acceptors (Lipinski definition) is 2. The Labute approximate surface area is 118 Å². The molecule has 0 fully saturated rings. The molecule has 0 atom stereocenters. The largest absolute Gasteiger partial charge is 0.383 e. The Kier molecular flexibility index (Phi) is 8.30. The van der Waals surface area contributed by atoms with Crippen LogP contribution in [-0.2, 0) is 11.2 Å². The highest BCUT2D eigenvalue weighted by atomic mass is 127. The van der Waals surface area contributed by atoms with Gasteiger partial charge in [-0.1, -0.05) is 24.3 Å². The topological polar surface area (TPSA) is 21.3 Å². The molecule has 17 heavy (non-hydrogen) atoms. The van der Waals surface area contributed by atoms with Gasteiger partial charge in [0.15, 0.2) is 0 Å². The molecule has 0 aromatic heterocycles. The van der Waals surface area contributed by atoms with E-state index in [1.54, 1.807) is 7.11 Å². The molecule has 0 saturated heterocycles. The van der Waals surface area contributed by atoms with E-state index in [9.17, 15) is 0 Å². The third-order valence-corrected chi connectivity index (χ3v) is 3.12. The SMILES string of the molecule is COCCNCCC=CCc1ccc(I)cc1. The fraction of sp³-hybridized carbons (Fsp3) is 0.429. The summed E-state index contributed by atoms with van der Waals surface area (Å²) >= 11 is 2.33. The van der Waals surface area contributed by atoms with Crippen molar-refractivity contribution in [1.82, 2.24) is 5.32 Å². The lowest BCUT2D eigenvalue weighted by Gasteiger charge is -2.00. The third-order valence-electron chi connectivity index (χ3n) is 2.40. The zero-order valence-electron chi connectivity index (χ0n) is 10.3. The van der Waals surface area contributed by atoms with Crippen molar-refractivity contribution in [3.05, 3.63) is 45.6 Å². The Morgan fingerprint density at radius 3 is 2.65 bits per heavy atom. The van der Waals surface area contributed by atoms with Crippen LogP contribution in [0.1, 0.15) is 12.0 Å². The van der Waals surface area contributed by atoms with Gasteiger partial charge in [-0.3, -0.25) is 0 Å². The number of rotatable bonds is 8. The van der Waals surface area contributed by atoms with E-state index in [2.05, 4.69) is 64.3 Å². The second-order valence-corrected chi connectivity index (χ2v) is 5.08. The molecule has 0 radical (unpaired) electrons. The van der Waals surface area contributed by atoms with Crippen LogP contribution in [0.3, 0.4) is 0 Å². The summed E-state index contributed by atoms with van der Waals surface area (Å²) in [7, 11) is 1.72. The van der Waals surface area contributed by atoms with Crippen molar-refractivity contribution >= 4 is 22.6 Å². The van der Waals surface area contributed by atoms with Gasteiger partial charge in [0.25, 0.3) is 0 Å². The maximum Gasteiger partial charge on any atom is 0.0587 e. The predicted octanol–water partition coefficient (Wildman–Crippen LogP) is 3.02. The van der Waals surface area contributed by atoms with Gasteiger partial charge in [-0.05, 0) is 59.7 Å². The maximum atomic E-state index is 4.96. The van der Waals surface area contributed by atoms with E-state index in [-0.39, 0.29) is 0 Å². The molecule has 1 rings (SSSR count). The Morgan fingerprint density at radius 1 is 1.18 bits per heavy atom. The molecular weight excluding hydrogens is 325 g/mol. The molecule has 0 aliphatic carbocycles. The van der Waals surface area contributed by atoms with Gasteiger partial charge < -0.3 is 10.1 Å². The van der Waals surface area contributed by atoms with Gasteiger partial charge in [0, 0.05) is 17.2 Å². The fourth-order valence-electron chi connectivity index (χ4n) is 1.44. The van der Waals surface area contributed by atoms with Crippen molar-refractivity contribution in [1.29, 1.82) is 0 Å². The molecule has 0 spiro atoms. The summed E-state index contributed by atoms with van der Waals surface area (Å²) in [5.74, 6) is 0. The van der Waals surface area contributed by atoms with Crippen molar-refractivity contribution in [3.8, 4) is 0 Å². The molecule has 3 heteroatoms. The van der Waals surface area contributed by atoms with Crippen LogP contribution in [0.4, 0.5) is 0 Å². The fourth-order valence-corrected chi connectivity index (χ4v) is 1.80. The van der Waals surface area contributed by atoms with Crippen LogP contribution in [0.25, 0.3) is 0 Å². The lowest BCUT2D eigenvalue weighted by molar-refractivity contribution is 0.199. The molecule has 1 N–H and O–H groups in total. The average molecular weight is 345 g/mol. The van der Waals surface area contributed by atoms with Gasteiger partial charge >= 0.3 is 0 Å². The minimum atomic E-state index is 0.784. The van der Waals surface area contributed by atoms with E-state index in [1.165, 1.54) is 9.13 Å². The van der Waals surface area contributed by atoms with Crippen molar-refractivity contribution in [3.63, 3.8) is 0 Å². The summed E-state index contributed by atoms with van der Waals surface area (Å²) < 4.78 is 6.25. The Morgan fingerprint density at radius 2 is 1.94 bits per heavy atom. The zero-order chi connectivity index (χ0) is 12.3. The molecule has 0 unspecified atom stereocenters. The Balaban J connectivity index is 2.07. The van der Waals surface area contributed by atoms with E-state index in [0.29, 0.717) is 0 Å². The van der Waals surface area contributed by atoms with Crippen LogP contribution in [0, 0.1) is 3.57 Å². The van der Waals surface area contributed by atoms with Gasteiger partial charge in [0.05, 0.1) is 6.61 Å². The molecule has 1 aromatic rings. The molecule has 0 aliphatic rings. The standard InChI is InChI=1S/C14H20INO/c1-17-12-11-16-10-4-2-3-5-13-6-8-14(15)9-7-13/h2-3,6-9,16H,4-5,10-12H2,1H3. The number of halogens is 1. The average Bonchev–Trinajstić information content (AvgIpc) is 2.35. The molecule has 1 aromatic carbocycles.